The third kappa shape index (κ3) is 3.43. The van der Waals surface area contributed by atoms with E-state index in [9.17, 15) is 14.0 Å². The summed E-state index contributed by atoms with van der Waals surface area (Å²) in [6.45, 7) is 0.365. The van der Waals surface area contributed by atoms with E-state index in [0.717, 1.165) is 0 Å². The average Bonchev–Trinajstić information content (AvgIpc) is 2.46. The molecule has 8 heteroatoms. The molecule has 1 aromatic carbocycles. The lowest BCUT2D eigenvalue weighted by Crippen LogP contribution is -2.58. The molecule has 1 atom stereocenters. The fraction of sp³-hybridized carbons (Fsp3) is 0.385. The number of nitrogens with zero attached hydrogens (tertiary/aromatic N) is 1. The molecule has 1 saturated heterocycles. The number of hydrogen-bond donors (Lipinski definition) is 3. The van der Waals surface area contributed by atoms with E-state index in [1.807, 2.05) is 0 Å². The first-order valence-corrected chi connectivity index (χ1v) is 6.82. The number of carbonyl (C=O) groups is 2. The minimum atomic E-state index is -0.772. The molecule has 3 N–H and O–H groups in total. The highest BCUT2D eigenvalue weighted by Crippen LogP contribution is 2.22. The highest BCUT2D eigenvalue weighted by atomic mass is 35.5. The van der Waals surface area contributed by atoms with Gasteiger partial charge in [0.1, 0.15) is 6.04 Å². The van der Waals surface area contributed by atoms with Crippen molar-refractivity contribution in [2.24, 2.45) is 0 Å². The van der Waals surface area contributed by atoms with Crippen LogP contribution in [0.25, 0.3) is 0 Å². The van der Waals surface area contributed by atoms with Crippen molar-refractivity contribution in [2.45, 2.75) is 12.5 Å². The molecule has 0 radical (unpaired) electrons. The van der Waals surface area contributed by atoms with Crippen molar-refractivity contribution >= 4 is 29.2 Å². The van der Waals surface area contributed by atoms with Crippen LogP contribution in [0.4, 0.5) is 14.9 Å². The van der Waals surface area contributed by atoms with Gasteiger partial charge in [-0.3, -0.25) is 4.79 Å². The summed E-state index contributed by atoms with van der Waals surface area (Å²) >= 11 is 5.65. The van der Waals surface area contributed by atoms with Gasteiger partial charge < -0.3 is 20.6 Å². The Morgan fingerprint density at radius 3 is 3.05 bits per heavy atom. The summed E-state index contributed by atoms with van der Waals surface area (Å²) in [5, 5.41) is 13.9. The molecule has 0 spiro atoms. The molecular weight excluding hydrogens is 301 g/mol. The monoisotopic (exact) mass is 315 g/mol. The van der Waals surface area contributed by atoms with Gasteiger partial charge in [-0.15, -0.1) is 0 Å². The minimum Gasteiger partial charge on any atom is -0.396 e. The number of rotatable bonds is 3. The number of benzene rings is 1. The van der Waals surface area contributed by atoms with E-state index in [1.54, 1.807) is 0 Å². The maximum Gasteiger partial charge on any atom is 0.322 e. The van der Waals surface area contributed by atoms with E-state index in [2.05, 4.69) is 10.6 Å². The predicted octanol–water partition coefficient (Wildman–Crippen LogP) is 1.19. The number of piperazine rings is 1. The smallest absolute Gasteiger partial charge is 0.322 e. The fourth-order valence-corrected chi connectivity index (χ4v) is 2.33. The third-order valence-corrected chi connectivity index (χ3v) is 3.48. The summed E-state index contributed by atoms with van der Waals surface area (Å²) in [6.07, 6.45) is 0.122. The van der Waals surface area contributed by atoms with Gasteiger partial charge in [-0.25, -0.2) is 9.18 Å². The van der Waals surface area contributed by atoms with Crippen LogP contribution in [0.5, 0.6) is 0 Å². The zero-order valence-electron chi connectivity index (χ0n) is 11.1. The Hall–Kier alpha value is -1.86. The minimum absolute atomic E-state index is 0.0544. The van der Waals surface area contributed by atoms with Crippen LogP contribution in [-0.2, 0) is 4.79 Å². The van der Waals surface area contributed by atoms with Crippen LogP contribution in [-0.4, -0.2) is 47.7 Å². The van der Waals surface area contributed by atoms with E-state index in [1.165, 1.54) is 23.1 Å². The fourth-order valence-electron chi connectivity index (χ4n) is 2.15. The van der Waals surface area contributed by atoms with E-state index in [0.29, 0.717) is 6.54 Å². The van der Waals surface area contributed by atoms with Crippen LogP contribution in [0.3, 0.4) is 0 Å². The van der Waals surface area contributed by atoms with Gasteiger partial charge in [-0.1, -0.05) is 17.7 Å². The van der Waals surface area contributed by atoms with Crippen molar-refractivity contribution < 1.29 is 19.1 Å². The lowest BCUT2D eigenvalue weighted by atomic mass is 10.1. The van der Waals surface area contributed by atoms with Crippen LogP contribution < -0.4 is 10.6 Å². The number of carbonyl (C=O) groups excluding carboxylic acids is 2. The standard InChI is InChI=1S/C13H15ClFN3O3/c14-8-2-1-3-9(11(8)15)17-13(21)18-6-5-16-12(20)10(18)4-7-19/h1-3,10,19H,4-7H2,(H,16,20)(H,17,21). The van der Waals surface area contributed by atoms with Crippen LogP contribution in [0, 0.1) is 5.82 Å². The lowest BCUT2D eigenvalue weighted by Gasteiger charge is -2.34. The highest BCUT2D eigenvalue weighted by Gasteiger charge is 2.32. The number of halogens is 2. The molecule has 0 aromatic heterocycles. The quantitative estimate of drug-likeness (QED) is 0.784. The first kappa shape index (κ1) is 15.5. The average molecular weight is 316 g/mol. The van der Waals surface area contributed by atoms with Crippen molar-refractivity contribution in [3.63, 3.8) is 0 Å². The largest absolute Gasteiger partial charge is 0.396 e. The SMILES string of the molecule is O=C1NCCN(C(=O)Nc2cccc(Cl)c2F)C1CCO. The summed E-state index contributed by atoms with van der Waals surface area (Å²) in [4.78, 5) is 25.2. The molecule has 21 heavy (non-hydrogen) atoms. The first-order valence-electron chi connectivity index (χ1n) is 6.44. The van der Waals surface area contributed by atoms with Crippen molar-refractivity contribution in [3.05, 3.63) is 29.0 Å². The summed E-state index contributed by atoms with van der Waals surface area (Å²) in [6, 6.07) is 2.88. The Kier molecular flexibility index (Phi) is 4.98. The van der Waals surface area contributed by atoms with Gasteiger partial charge in [0.15, 0.2) is 5.82 Å². The number of amides is 3. The van der Waals surface area contributed by atoms with Gasteiger partial charge in [0.05, 0.1) is 10.7 Å². The van der Waals surface area contributed by atoms with Gasteiger partial charge in [0, 0.05) is 19.7 Å². The van der Waals surface area contributed by atoms with Crippen LogP contribution in [0.1, 0.15) is 6.42 Å². The Balaban J connectivity index is 2.14. The van der Waals surface area contributed by atoms with Gasteiger partial charge in [0.2, 0.25) is 5.91 Å². The topological polar surface area (TPSA) is 81.7 Å². The lowest BCUT2D eigenvalue weighted by molar-refractivity contribution is -0.128. The van der Waals surface area contributed by atoms with E-state index < -0.39 is 17.9 Å². The molecule has 0 aliphatic carbocycles. The van der Waals surface area contributed by atoms with Gasteiger partial charge >= 0.3 is 6.03 Å². The van der Waals surface area contributed by atoms with Crippen LogP contribution in [0.15, 0.2) is 18.2 Å². The molecule has 1 aromatic rings. The Morgan fingerprint density at radius 2 is 2.33 bits per heavy atom. The Morgan fingerprint density at radius 1 is 1.57 bits per heavy atom. The Labute approximate surface area is 125 Å². The number of nitrogens with one attached hydrogen (secondary N) is 2. The molecule has 1 aliphatic heterocycles. The van der Waals surface area contributed by atoms with Crippen molar-refractivity contribution in [3.8, 4) is 0 Å². The zero-order chi connectivity index (χ0) is 15.4. The third-order valence-electron chi connectivity index (χ3n) is 3.19. The second-order valence-electron chi connectivity index (χ2n) is 4.54. The van der Waals surface area contributed by atoms with Gasteiger partial charge in [-0.05, 0) is 18.6 Å². The van der Waals surface area contributed by atoms with Gasteiger partial charge in [-0.2, -0.15) is 0 Å². The molecule has 3 amide bonds. The van der Waals surface area contributed by atoms with Crippen molar-refractivity contribution in [1.29, 1.82) is 0 Å². The molecule has 2 rings (SSSR count). The number of aliphatic hydroxyl groups is 1. The van der Waals surface area contributed by atoms with Crippen molar-refractivity contribution in [1.82, 2.24) is 10.2 Å². The number of anilines is 1. The van der Waals surface area contributed by atoms with Crippen molar-refractivity contribution in [2.75, 3.05) is 25.0 Å². The Bertz CT molecular complexity index is 555. The first-order chi connectivity index (χ1) is 10.0. The van der Waals surface area contributed by atoms with E-state index in [4.69, 9.17) is 16.7 Å². The maximum atomic E-state index is 13.8. The zero-order valence-corrected chi connectivity index (χ0v) is 11.9. The second kappa shape index (κ2) is 6.73. The molecule has 114 valence electrons. The van der Waals surface area contributed by atoms with E-state index in [-0.39, 0.29) is 36.2 Å². The highest BCUT2D eigenvalue weighted by molar-refractivity contribution is 6.31. The summed E-state index contributed by atoms with van der Waals surface area (Å²) in [5.41, 5.74) is -0.0544. The molecule has 6 nitrogen and oxygen atoms in total. The molecular formula is C13H15ClFN3O3. The normalized spacial score (nSPS) is 18.3. The van der Waals surface area contributed by atoms with Crippen LogP contribution >= 0.6 is 11.6 Å². The second-order valence-corrected chi connectivity index (χ2v) is 4.95. The molecule has 0 bridgehead atoms. The summed E-state index contributed by atoms with van der Waals surface area (Å²) < 4.78 is 13.8. The molecule has 1 unspecified atom stereocenters. The maximum absolute atomic E-state index is 13.8. The van der Waals surface area contributed by atoms with E-state index >= 15 is 0 Å². The van der Waals surface area contributed by atoms with Crippen LogP contribution in [0.2, 0.25) is 5.02 Å². The molecule has 1 fully saturated rings. The summed E-state index contributed by atoms with van der Waals surface area (Å²) in [7, 11) is 0. The summed E-state index contributed by atoms with van der Waals surface area (Å²) in [5.74, 6) is -1.07. The number of urea groups is 1. The number of hydrogen-bond acceptors (Lipinski definition) is 3. The molecule has 1 heterocycles. The molecule has 1 aliphatic rings. The molecule has 0 saturated carbocycles. The van der Waals surface area contributed by atoms with Gasteiger partial charge in [0.25, 0.3) is 0 Å². The predicted molar refractivity (Wildman–Crippen MR) is 75.6 cm³/mol. The number of aliphatic hydroxyl groups excluding tert-OH is 1.